The Labute approximate surface area is 124 Å². The first-order valence-electron chi connectivity index (χ1n) is 6.47. The van der Waals surface area contributed by atoms with Crippen LogP contribution in [0.2, 0.25) is 0 Å². The average Bonchev–Trinajstić information content (AvgIpc) is 2.79. The zero-order valence-corrected chi connectivity index (χ0v) is 12.0. The standard InChI is InChI=1S/C14H15F4N3O/c1-21(2)7-12(14(16,17)18)20-13(22)11-5-8-3-4-9(15)6-10(8)19-11/h3-6,12,19H,7H2,1-2H3,(H,20,22). The van der Waals surface area contributed by atoms with Crippen LogP contribution in [0.15, 0.2) is 24.3 Å². The van der Waals surface area contributed by atoms with Crippen LogP contribution in [-0.4, -0.2) is 48.6 Å². The van der Waals surface area contributed by atoms with E-state index in [1.807, 2.05) is 5.32 Å². The molecule has 2 rings (SSSR count). The Bertz CT molecular complexity index is 678. The van der Waals surface area contributed by atoms with Crippen LogP contribution in [0.25, 0.3) is 10.9 Å². The minimum Gasteiger partial charge on any atom is -0.350 e. The quantitative estimate of drug-likeness (QED) is 0.851. The molecule has 1 heterocycles. The van der Waals surface area contributed by atoms with Gasteiger partial charge in [0, 0.05) is 17.4 Å². The van der Waals surface area contributed by atoms with E-state index in [2.05, 4.69) is 4.98 Å². The lowest BCUT2D eigenvalue weighted by Gasteiger charge is -2.24. The maximum Gasteiger partial charge on any atom is 0.409 e. The summed E-state index contributed by atoms with van der Waals surface area (Å²) in [6.07, 6.45) is -4.56. The van der Waals surface area contributed by atoms with E-state index in [0.717, 1.165) is 0 Å². The first kappa shape index (κ1) is 16.3. The average molecular weight is 317 g/mol. The van der Waals surface area contributed by atoms with E-state index in [9.17, 15) is 22.4 Å². The zero-order valence-electron chi connectivity index (χ0n) is 12.0. The molecule has 0 saturated heterocycles. The molecule has 120 valence electrons. The summed E-state index contributed by atoms with van der Waals surface area (Å²) < 4.78 is 51.8. The van der Waals surface area contributed by atoms with Gasteiger partial charge in [-0.2, -0.15) is 13.2 Å². The molecule has 0 aliphatic heterocycles. The van der Waals surface area contributed by atoms with Crippen LogP contribution in [0.4, 0.5) is 17.6 Å². The number of aromatic nitrogens is 1. The summed E-state index contributed by atoms with van der Waals surface area (Å²) in [6.45, 7) is -0.371. The van der Waals surface area contributed by atoms with E-state index in [4.69, 9.17) is 0 Å². The number of nitrogens with one attached hydrogen (secondary N) is 2. The second kappa shape index (κ2) is 5.96. The first-order chi connectivity index (χ1) is 10.2. The van der Waals surface area contributed by atoms with E-state index < -0.39 is 23.9 Å². The number of amides is 1. The number of alkyl halides is 3. The van der Waals surface area contributed by atoms with Crippen LogP contribution in [0, 0.1) is 5.82 Å². The molecule has 8 heteroatoms. The molecule has 0 saturated carbocycles. The Hall–Kier alpha value is -2.09. The summed E-state index contributed by atoms with van der Waals surface area (Å²) in [5.74, 6) is -1.39. The molecule has 0 bridgehead atoms. The number of likely N-dealkylation sites (N-methyl/N-ethyl adjacent to an activating group) is 1. The molecular weight excluding hydrogens is 302 g/mol. The van der Waals surface area contributed by atoms with Gasteiger partial charge in [0.2, 0.25) is 0 Å². The number of rotatable bonds is 4. The highest BCUT2D eigenvalue weighted by molar-refractivity contribution is 5.98. The van der Waals surface area contributed by atoms with E-state index >= 15 is 0 Å². The van der Waals surface area contributed by atoms with Gasteiger partial charge in [0.05, 0.1) is 0 Å². The van der Waals surface area contributed by atoms with Gasteiger partial charge in [-0.05, 0) is 38.4 Å². The van der Waals surface area contributed by atoms with Crippen LogP contribution >= 0.6 is 0 Å². The minimum absolute atomic E-state index is 0.0476. The number of halogens is 4. The molecule has 1 unspecified atom stereocenters. The number of fused-ring (bicyclic) bond motifs is 1. The predicted molar refractivity (Wildman–Crippen MR) is 74.1 cm³/mol. The Kier molecular flexibility index (Phi) is 4.41. The Morgan fingerprint density at radius 3 is 2.59 bits per heavy atom. The molecule has 0 radical (unpaired) electrons. The number of H-pyrrole nitrogens is 1. The van der Waals surface area contributed by atoms with Gasteiger partial charge >= 0.3 is 6.18 Å². The molecule has 0 aliphatic carbocycles. The lowest BCUT2D eigenvalue weighted by molar-refractivity contribution is -0.156. The number of carbonyl (C=O) groups is 1. The number of aromatic amines is 1. The van der Waals surface area contributed by atoms with E-state index in [-0.39, 0.29) is 12.2 Å². The van der Waals surface area contributed by atoms with Crippen LogP contribution in [0.5, 0.6) is 0 Å². The minimum atomic E-state index is -4.56. The molecule has 1 aromatic carbocycles. The van der Waals surface area contributed by atoms with Gasteiger partial charge in [0.25, 0.3) is 5.91 Å². The normalized spacial score (nSPS) is 13.6. The SMILES string of the molecule is CN(C)CC(NC(=O)c1cc2ccc(F)cc2[nH]1)C(F)(F)F. The Morgan fingerprint density at radius 1 is 1.32 bits per heavy atom. The Balaban J connectivity index is 2.21. The molecule has 2 N–H and O–H groups in total. The van der Waals surface area contributed by atoms with Crippen LogP contribution < -0.4 is 5.32 Å². The molecule has 2 aromatic rings. The summed E-state index contributed by atoms with van der Waals surface area (Å²) in [7, 11) is 2.97. The van der Waals surface area contributed by atoms with Gasteiger partial charge in [0.1, 0.15) is 17.6 Å². The van der Waals surface area contributed by atoms with Gasteiger partial charge in [-0.3, -0.25) is 4.79 Å². The van der Waals surface area contributed by atoms with Gasteiger partial charge in [-0.1, -0.05) is 0 Å². The summed E-state index contributed by atoms with van der Waals surface area (Å²) >= 11 is 0. The van der Waals surface area contributed by atoms with Crippen molar-refractivity contribution in [3.8, 4) is 0 Å². The first-order valence-corrected chi connectivity index (χ1v) is 6.47. The molecule has 0 fully saturated rings. The van der Waals surface area contributed by atoms with Crippen molar-refractivity contribution >= 4 is 16.8 Å². The zero-order chi connectivity index (χ0) is 16.5. The number of benzene rings is 1. The van der Waals surface area contributed by atoms with E-state index in [1.165, 1.54) is 43.3 Å². The third kappa shape index (κ3) is 3.76. The number of nitrogens with zero attached hydrogens (tertiary/aromatic N) is 1. The van der Waals surface area contributed by atoms with Crippen molar-refractivity contribution in [1.29, 1.82) is 0 Å². The monoisotopic (exact) mass is 317 g/mol. The van der Waals surface area contributed by atoms with Crippen molar-refractivity contribution in [3.05, 3.63) is 35.8 Å². The fraction of sp³-hybridized carbons (Fsp3) is 0.357. The number of hydrogen-bond donors (Lipinski definition) is 2. The molecule has 4 nitrogen and oxygen atoms in total. The van der Waals surface area contributed by atoms with E-state index in [1.54, 1.807) is 0 Å². The van der Waals surface area contributed by atoms with Crippen LogP contribution in [0.1, 0.15) is 10.5 Å². The highest BCUT2D eigenvalue weighted by Crippen LogP contribution is 2.22. The van der Waals surface area contributed by atoms with Crippen molar-refractivity contribution in [2.75, 3.05) is 20.6 Å². The van der Waals surface area contributed by atoms with Gasteiger partial charge < -0.3 is 15.2 Å². The second-order valence-corrected chi connectivity index (χ2v) is 5.24. The number of carbonyl (C=O) groups excluding carboxylic acids is 1. The second-order valence-electron chi connectivity index (χ2n) is 5.24. The van der Waals surface area contributed by atoms with Crippen molar-refractivity contribution in [3.63, 3.8) is 0 Å². The molecular formula is C14H15F4N3O. The largest absolute Gasteiger partial charge is 0.409 e. The van der Waals surface area contributed by atoms with Crippen molar-refractivity contribution in [1.82, 2.24) is 15.2 Å². The fourth-order valence-corrected chi connectivity index (χ4v) is 2.05. The molecule has 0 aliphatic rings. The maximum absolute atomic E-state index is 13.1. The lowest BCUT2D eigenvalue weighted by Crippen LogP contribution is -2.50. The molecule has 0 spiro atoms. The summed E-state index contributed by atoms with van der Waals surface area (Å²) in [6, 6.07) is 3.22. The van der Waals surface area contributed by atoms with Crippen LogP contribution in [-0.2, 0) is 0 Å². The Morgan fingerprint density at radius 2 is 2.00 bits per heavy atom. The van der Waals surface area contributed by atoms with Crippen molar-refractivity contribution in [2.24, 2.45) is 0 Å². The molecule has 1 amide bonds. The van der Waals surface area contributed by atoms with E-state index in [0.29, 0.717) is 10.9 Å². The smallest absolute Gasteiger partial charge is 0.350 e. The van der Waals surface area contributed by atoms with Crippen molar-refractivity contribution < 1.29 is 22.4 Å². The predicted octanol–water partition coefficient (Wildman–Crippen LogP) is 2.53. The van der Waals surface area contributed by atoms with Gasteiger partial charge in [0.15, 0.2) is 0 Å². The molecule has 1 aromatic heterocycles. The summed E-state index contributed by atoms with van der Waals surface area (Å²) in [5.41, 5.74) is 0.301. The molecule has 1 atom stereocenters. The van der Waals surface area contributed by atoms with Crippen LogP contribution in [0.3, 0.4) is 0 Å². The number of hydrogen-bond acceptors (Lipinski definition) is 2. The highest BCUT2D eigenvalue weighted by Gasteiger charge is 2.41. The molecule has 22 heavy (non-hydrogen) atoms. The van der Waals surface area contributed by atoms with Gasteiger partial charge in [-0.15, -0.1) is 0 Å². The third-order valence-electron chi connectivity index (χ3n) is 3.08. The summed E-state index contributed by atoms with van der Waals surface area (Å²) in [4.78, 5) is 15.9. The fourth-order valence-electron chi connectivity index (χ4n) is 2.05. The van der Waals surface area contributed by atoms with Crippen molar-refractivity contribution in [2.45, 2.75) is 12.2 Å². The lowest BCUT2D eigenvalue weighted by atomic mass is 10.2. The maximum atomic E-state index is 13.1. The third-order valence-corrected chi connectivity index (χ3v) is 3.08. The van der Waals surface area contributed by atoms with Gasteiger partial charge in [-0.25, -0.2) is 4.39 Å². The highest BCUT2D eigenvalue weighted by atomic mass is 19.4. The topological polar surface area (TPSA) is 48.1 Å². The summed E-state index contributed by atoms with van der Waals surface area (Å²) in [5, 5.41) is 2.49.